The highest BCUT2D eigenvalue weighted by molar-refractivity contribution is 5.74. The third-order valence-electron chi connectivity index (χ3n) is 5.52. The fraction of sp³-hybridized carbons (Fsp3) is 0.550. The predicted molar refractivity (Wildman–Crippen MR) is 104 cm³/mol. The molecule has 144 valence electrons. The number of urea groups is 1. The van der Waals surface area contributed by atoms with Crippen LogP contribution >= 0.6 is 0 Å². The molecule has 4 rings (SSSR count). The van der Waals surface area contributed by atoms with Crippen molar-refractivity contribution < 1.29 is 4.79 Å². The Morgan fingerprint density at radius 3 is 2.85 bits per heavy atom. The molecule has 0 saturated carbocycles. The second-order valence-corrected chi connectivity index (χ2v) is 7.52. The average Bonchev–Trinajstić information content (AvgIpc) is 3.33. The lowest BCUT2D eigenvalue weighted by Gasteiger charge is -2.28. The van der Waals surface area contributed by atoms with Gasteiger partial charge in [0.05, 0.1) is 6.54 Å². The smallest absolute Gasteiger partial charge is 0.317 e. The van der Waals surface area contributed by atoms with Gasteiger partial charge in [-0.2, -0.15) is 0 Å². The van der Waals surface area contributed by atoms with Crippen LogP contribution in [0.4, 0.5) is 4.79 Å². The molecule has 0 aliphatic carbocycles. The third-order valence-corrected chi connectivity index (χ3v) is 5.52. The molecule has 3 heterocycles. The zero-order valence-corrected chi connectivity index (χ0v) is 16.0. The normalized spacial score (nSPS) is 19.9. The van der Waals surface area contributed by atoms with Gasteiger partial charge in [0.15, 0.2) is 11.6 Å². The Balaban J connectivity index is 1.32. The number of amides is 2. The van der Waals surface area contributed by atoms with Gasteiger partial charge < -0.3 is 19.7 Å². The van der Waals surface area contributed by atoms with Crippen molar-refractivity contribution in [2.75, 3.05) is 32.7 Å². The zero-order chi connectivity index (χ0) is 18.6. The molecule has 1 fully saturated rings. The topological polar surface area (TPSA) is 66.3 Å². The Morgan fingerprint density at radius 1 is 1.19 bits per heavy atom. The van der Waals surface area contributed by atoms with Gasteiger partial charge in [-0.05, 0) is 31.8 Å². The van der Waals surface area contributed by atoms with Crippen molar-refractivity contribution in [3.63, 3.8) is 0 Å². The van der Waals surface area contributed by atoms with E-state index in [-0.39, 0.29) is 6.03 Å². The van der Waals surface area contributed by atoms with E-state index in [0.717, 1.165) is 49.9 Å². The van der Waals surface area contributed by atoms with Crippen molar-refractivity contribution >= 4 is 6.03 Å². The van der Waals surface area contributed by atoms with Crippen LogP contribution in [0, 0.1) is 5.92 Å². The molecule has 2 aliphatic rings. The van der Waals surface area contributed by atoms with Crippen LogP contribution in [0.25, 0.3) is 11.4 Å². The van der Waals surface area contributed by atoms with Crippen molar-refractivity contribution in [1.29, 1.82) is 0 Å². The van der Waals surface area contributed by atoms with Gasteiger partial charge in [0, 0.05) is 31.7 Å². The maximum absolute atomic E-state index is 12.6. The van der Waals surface area contributed by atoms with E-state index in [1.807, 2.05) is 35.2 Å². The summed E-state index contributed by atoms with van der Waals surface area (Å²) in [5.74, 6) is 2.30. The highest BCUT2D eigenvalue weighted by atomic mass is 16.2. The highest BCUT2D eigenvalue weighted by Crippen LogP contribution is 2.21. The molecule has 1 N–H and O–H groups in total. The summed E-state index contributed by atoms with van der Waals surface area (Å²) in [6.07, 6.45) is 2.37. The summed E-state index contributed by atoms with van der Waals surface area (Å²) >= 11 is 0. The lowest BCUT2D eigenvalue weighted by atomic mass is 10.1. The van der Waals surface area contributed by atoms with Crippen LogP contribution in [0.1, 0.15) is 25.6 Å². The van der Waals surface area contributed by atoms with Gasteiger partial charge in [-0.1, -0.05) is 37.3 Å². The number of rotatable bonds is 5. The molecular formula is C20H28N6O. The summed E-state index contributed by atoms with van der Waals surface area (Å²) in [5.41, 5.74) is 1.06. The molecule has 1 aromatic carbocycles. The largest absolute Gasteiger partial charge is 0.338 e. The number of carbonyl (C=O) groups is 1. The number of benzene rings is 1. The van der Waals surface area contributed by atoms with Gasteiger partial charge in [-0.25, -0.2) is 4.79 Å². The summed E-state index contributed by atoms with van der Waals surface area (Å²) in [5, 5.41) is 11.8. The van der Waals surface area contributed by atoms with Crippen LogP contribution in [-0.4, -0.2) is 63.3 Å². The van der Waals surface area contributed by atoms with Crippen LogP contribution in [0.5, 0.6) is 0 Å². The Hall–Kier alpha value is -2.41. The van der Waals surface area contributed by atoms with E-state index in [1.54, 1.807) is 0 Å². The van der Waals surface area contributed by atoms with Crippen LogP contribution in [0.2, 0.25) is 0 Å². The molecule has 0 unspecified atom stereocenters. The fourth-order valence-electron chi connectivity index (χ4n) is 4.07. The van der Waals surface area contributed by atoms with E-state index in [4.69, 9.17) is 0 Å². The molecule has 1 atom stereocenters. The van der Waals surface area contributed by atoms with E-state index >= 15 is 0 Å². The quantitative estimate of drug-likeness (QED) is 0.879. The number of nitrogens with one attached hydrogen (secondary N) is 1. The molecule has 2 amide bonds. The van der Waals surface area contributed by atoms with Crippen LogP contribution in [0.3, 0.4) is 0 Å². The van der Waals surface area contributed by atoms with Crippen molar-refractivity contribution in [2.24, 2.45) is 5.92 Å². The first-order valence-electron chi connectivity index (χ1n) is 9.97. The highest BCUT2D eigenvalue weighted by Gasteiger charge is 2.26. The molecule has 0 spiro atoms. The predicted octanol–water partition coefficient (Wildman–Crippen LogP) is 2.20. The van der Waals surface area contributed by atoms with E-state index in [9.17, 15) is 4.79 Å². The van der Waals surface area contributed by atoms with Crippen molar-refractivity contribution in [1.82, 2.24) is 29.9 Å². The van der Waals surface area contributed by atoms with Crippen molar-refractivity contribution in [2.45, 2.75) is 32.9 Å². The number of fused-ring (bicyclic) bond motifs is 1. The summed E-state index contributed by atoms with van der Waals surface area (Å²) in [4.78, 5) is 16.9. The molecule has 0 radical (unpaired) electrons. The molecule has 2 aromatic rings. The van der Waals surface area contributed by atoms with Gasteiger partial charge in [0.1, 0.15) is 0 Å². The minimum absolute atomic E-state index is 0.0134. The summed E-state index contributed by atoms with van der Waals surface area (Å²) < 4.78 is 2.12. The second kappa shape index (κ2) is 8.08. The van der Waals surface area contributed by atoms with E-state index in [1.165, 1.54) is 12.8 Å². The third kappa shape index (κ3) is 3.98. The first kappa shape index (κ1) is 18.0. The molecule has 1 saturated heterocycles. The number of nitrogens with zero attached hydrogens (tertiary/aromatic N) is 5. The van der Waals surface area contributed by atoms with Gasteiger partial charge in [0.25, 0.3) is 0 Å². The SMILES string of the molecule is CCCN1CC[C@H](CNC(=O)N2CCn3c(nnc3-c3ccccc3)C2)C1. The first-order chi connectivity index (χ1) is 13.2. The summed E-state index contributed by atoms with van der Waals surface area (Å²) in [6, 6.07) is 10.1. The molecular weight excluding hydrogens is 340 g/mol. The first-order valence-corrected chi connectivity index (χ1v) is 9.97. The summed E-state index contributed by atoms with van der Waals surface area (Å²) in [7, 11) is 0. The van der Waals surface area contributed by atoms with E-state index in [2.05, 4.69) is 31.9 Å². The lowest BCUT2D eigenvalue weighted by molar-refractivity contribution is 0.180. The number of hydrogen-bond acceptors (Lipinski definition) is 4. The molecule has 7 heteroatoms. The Labute approximate surface area is 160 Å². The lowest BCUT2D eigenvalue weighted by Crippen LogP contribution is -2.45. The molecule has 7 nitrogen and oxygen atoms in total. The molecule has 27 heavy (non-hydrogen) atoms. The van der Waals surface area contributed by atoms with Crippen LogP contribution in [-0.2, 0) is 13.1 Å². The maximum atomic E-state index is 12.6. The number of likely N-dealkylation sites (tertiary alicyclic amines) is 1. The van der Waals surface area contributed by atoms with Crippen molar-refractivity contribution in [3.8, 4) is 11.4 Å². The zero-order valence-electron chi connectivity index (χ0n) is 16.0. The van der Waals surface area contributed by atoms with Crippen LogP contribution in [0.15, 0.2) is 30.3 Å². The second-order valence-electron chi connectivity index (χ2n) is 7.52. The number of hydrogen-bond donors (Lipinski definition) is 1. The minimum atomic E-state index is 0.0134. The Bertz CT molecular complexity index is 774. The van der Waals surface area contributed by atoms with Crippen molar-refractivity contribution in [3.05, 3.63) is 36.2 Å². The molecule has 1 aromatic heterocycles. The van der Waals surface area contributed by atoms with Gasteiger partial charge in [-0.3, -0.25) is 0 Å². The number of carbonyl (C=O) groups excluding carboxylic acids is 1. The summed E-state index contributed by atoms with van der Waals surface area (Å²) in [6.45, 7) is 8.32. The van der Waals surface area contributed by atoms with Crippen LogP contribution < -0.4 is 5.32 Å². The Morgan fingerprint density at radius 2 is 2.04 bits per heavy atom. The van der Waals surface area contributed by atoms with Gasteiger partial charge in [0.2, 0.25) is 0 Å². The Kier molecular flexibility index (Phi) is 5.38. The van der Waals surface area contributed by atoms with E-state index < -0.39 is 0 Å². The molecule has 2 aliphatic heterocycles. The monoisotopic (exact) mass is 368 g/mol. The number of aromatic nitrogens is 3. The molecule has 0 bridgehead atoms. The maximum Gasteiger partial charge on any atom is 0.317 e. The van der Waals surface area contributed by atoms with Gasteiger partial charge in [-0.15, -0.1) is 10.2 Å². The van der Waals surface area contributed by atoms with Gasteiger partial charge >= 0.3 is 6.03 Å². The fourth-order valence-corrected chi connectivity index (χ4v) is 4.07. The average molecular weight is 368 g/mol. The standard InChI is InChI=1S/C20H28N6O/c1-2-9-24-10-8-16(14-24)13-21-20(27)25-11-12-26-18(15-25)22-23-19(26)17-6-4-3-5-7-17/h3-7,16H,2,8-15H2,1H3,(H,21,27)/t16-/m1/s1. The van der Waals surface area contributed by atoms with E-state index in [0.29, 0.717) is 19.0 Å². The minimum Gasteiger partial charge on any atom is -0.338 e.